The van der Waals surface area contributed by atoms with Crippen molar-refractivity contribution >= 4 is 33.0 Å². The molecule has 3 aromatic heterocycles. The van der Waals surface area contributed by atoms with Crippen LogP contribution in [-0.4, -0.2) is 58.2 Å². The summed E-state index contributed by atoms with van der Waals surface area (Å²) in [4.78, 5) is 17.9. The van der Waals surface area contributed by atoms with Crippen molar-refractivity contribution in [3.8, 4) is 0 Å². The van der Waals surface area contributed by atoms with Crippen LogP contribution in [0.3, 0.4) is 0 Å². The van der Waals surface area contributed by atoms with Crippen LogP contribution in [0.25, 0.3) is 21.9 Å². The number of alkyl halides is 3. The zero-order valence-corrected chi connectivity index (χ0v) is 18.7. The molecule has 33 heavy (non-hydrogen) atoms. The lowest BCUT2D eigenvalue weighted by Crippen LogP contribution is -2.51. The molecule has 2 aliphatic rings. The number of pyridine rings is 1. The zero-order valence-electron chi connectivity index (χ0n) is 17.9. The summed E-state index contributed by atoms with van der Waals surface area (Å²) >= 11 is -2.46. The fourth-order valence-electron chi connectivity index (χ4n) is 5.67. The number of hydrogen-bond acceptors (Lipinski definition) is 6. The van der Waals surface area contributed by atoms with Gasteiger partial charge in [0.25, 0.3) is 0 Å². The van der Waals surface area contributed by atoms with Crippen LogP contribution in [0.15, 0.2) is 24.8 Å². The van der Waals surface area contributed by atoms with Crippen molar-refractivity contribution in [3.05, 3.63) is 30.5 Å². The van der Waals surface area contributed by atoms with Crippen LogP contribution < -0.4 is 0 Å². The van der Waals surface area contributed by atoms with Crippen molar-refractivity contribution < 1.29 is 21.9 Å². The van der Waals surface area contributed by atoms with E-state index >= 15 is 0 Å². The van der Waals surface area contributed by atoms with Gasteiger partial charge in [0.15, 0.2) is 5.65 Å². The van der Waals surface area contributed by atoms with E-state index < -0.39 is 28.5 Å². The van der Waals surface area contributed by atoms with Crippen LogP contribution >= 0.6 is 0 Å². The SMILES string of the molecule is O=S([O-])C(C1CCC(c2[nH]cnc3cnc4nccc4c23)CC1)N1CCCC(C(F)(F)F)C1. The molecule has 178 valence electrons. The van der Waals surface area contributed by atoms with Crippen LogP contribution in [0.2, 0.25) is 0 Å². The number of aromatic nitrogens is 4. The molecule has 2 fully saturated rings. The third kappa shape index (κ3) is 4.38. The second kappa shape index (κ2) is 8.92. The van der Waals surface area contributed by atoms with Crippen molar-refractivity contribution in [3.63, 3.8) is 0 Å². The van der Waals surface area contributed by atoms with E-state index in [9.17, 15) is 21.9 Å². The Morgan fingerprint density at radius 1 is 1.15 bits per heavy atom. The molecule has 1 aliphatic carbocycles. The van der Waals surface area contributed by atoms with Gasteiger partial charge in [-0.2, -0.15) is 13.2 Å². The number of nitrogens with one attached hydrogen (secondary N) is 1. The van der Waals surface area contributed by atoms with E-state index in [1.54, 1.807) is 23.6 Å². The molecule has 3 aromatic rings. The highest BCUT2D eigenvalue weighted by atomic mass is 32.2. The van der Waals surface area contributed by atoms with Gasteiger partial charge in [-0.3, -0.25) is 9.11 Å². The van der Waals surface area contributed by atoms with E-state index in [0.717, 1.165) is 34.8 Å². The number of piperidine rings is 1. The van der Waals surface area contributed by atoms with Crippen LogP contribution in [0, 0.1) is 11.8 Å². The van der Waals surface area contributed by atoms with E-state index in [0.29, 0.717) is 31.5 Å². The topological polar surface area (TPSA) is 97.8 Å². The van der Waals surface area contributed by atoms with Crippen molar-refractivity contribution in [1.82, 2.24) is 24.8 Å². The smallest absolute Gasteiger partial charge is 0.393 e. The lowest BCUT2D eigenvalue weighted by atomic mass is 9.79. The first-order valence-electron chi connectivity index (χ1n) is 11.3. The molecule has 1 saturated heterocycles. The van der Waals surface area contributed by atoms with Crippen molar-refractivity contribution in [2.24, 2.45) is 11.8 Å². The van der Waals surface area contributed by atoms with E-state index in [1.165, 1.54) is 0 Å². The van der Waals surface area contributed by atoms with Gasteiger partial charge in [0.05, 0.1) is 29.3 Å². The minimum absolute atomic E-state index is 0.0653. The number of H-pyrrole nitrogens is 1. The summed E-state index contributed by atoms with van der Waals surface area (Å²) < 4.78 is 64.1. The van der Waals surface area contributed by atoms with Gasteiger partial charge in [-0.05, 0) is 74.1 Å². The zero-order chi connectivity index (χ0) is 23.2. The molecule has 0 bridgehead atoms. The molecule has 1 saturated carbocycles. The number of halogens is 3. The minimum Gasteiger partial charge on any atom is -0.771 e. The van der Waals surface area contributed by atoms with Gasteiger partial charge in [0, 0.05) is 29.2 Å². The summed E-state index contributed by atoms with van der Waals surface area (Å²) in [5, 5.41) is 1.04. The Morgan fingerprint density at radius 3 is 2.67 bits per heavy atom. The number of fused-ring (bicyclic) bond motifs is 3. The maximum absolute atomic E-state index is 13.3. The van der Waals surface area contributed by atoms with Gasteiger partial charge in [-0.1, -0.05) is 0 Å². The second-order valence-electron chi connectivity index (χ2n) is 9.16. The summed E-state index contributed by atoms with van der Waals surface area (Å²) in [6, 6.07) is 1.92. The van der Waals surface area contributed by atoms with E-state index in [4.69, 9.17) is 0 Å². The molecule has 4 heterocycles. The van der Waals surface area contributed by atoms with Gasteiger partial charge < -0.3 is 9.54 Å². The fraction of sp³-hybridized carbons (Fsp3) is 0.591. The summed E-state index contributed by atoms with van der Waals surface area (Å²) in [5.74, 6) is -1.46. The molecule has 0 spiro atoms. The van der Waals surface area contributed by atoms with Gasteiger partial charge in [0.2, 0.25) is 0 Å². The van der Waals surface area contributed by atoms with Crippen LogP contribution in [-0.2, 0) is 11.1 Å². The molecule has 1 N–H and O–H groups in total. The average molecular weight is 481 g/mol. The Kier molecular flexibility index (Phi) is 6.13. The van der Waals surface area contributed by atoms with Crippen LogP contribution in [0.1, 0.15) is 50.1 Å². The Bertz CT molecular complexity index is 1160. The molecule has 0 amide bonds. The van der Waals surface area contributed by atoms with Crippen molar-refractivity contribution in [2.45, 2.75) is 56.0 Å². The van der Waals surface area contributed by atoms with Gasteiger partial charge in [-0.15, -0.1) is 0 Å². The lowest BCUT2D eigenvalue weighted by molar-refractivity contribution is -0.188. The first-order chi connectivity index (χ1) is 15.8. The molecule has 5 rings (SSSR count). The van der Waals surface area contributed by atoms with Gasteiger partial charge >= 0.3 is 6.18 Å². The minimum atomic E-state index is -4.29. The van der Waals surface area contributed by atoms with Crippen molar-refractivity contribution in [2.75, 3.05) is 13.1 Å². The monoisotopic (exact) mass is 480 g/mol. The number of nitrogens with zero attached hydrogens (tertiary/aromatic N) is 4. The number of hydrogen-bond donors (Lipinski definition) is 1. The second-order valence-corrected chi connectivity index (χ2v) is 10.2. The summed E-state index contributed by atoms with van der Waals surface area (Å²) in [7, 11) is 0. The molecule has 11 heteroatoms. The standard InChI is InChI=1S/C22H26F3N5O2S/c23-22(24,25)15-2-1-9-30(11-15)21(33(31)32)14-5-3-13(4-6-14)19-18-16-7-8-26-20(16)27-10-17(18)28-12-29-19/h7-8,10,12-15,21H,1-6,9,11H2,(H,28,29)(H,31,32)/p-1. The number of likely N-dealkylation sites (tertiary alicyclic amines) is 1. The average Bonchev–Trinajstić information content (AvgIpc) is 3.28. The van der Waals surface area contributed by atoms with E-state index in [1.807, 2.05) is 6.07 Å². The highest BCUT2D eigenvalue weighted by Crippen LogP contribution is 2.42. The van der Waals surface area contributed by atoms with Crippen molar-refractivity contribution in [1.29, 1.82) is 0 Å². The largest absolute Gasteiger partial charge is 0.771 e. The Labute approximate surface area is 191 Å². The molecule has 7 nitrogen and oxygen atoms in total. The van der Waals surface area contributed by atoms with E-state index in [2.05, 4.69) is 19.9 Å². The Balaban J connectivity index is 1.35. The first kappa shape index (κ1) is 22.7. The molecule has 3 unspecified atom stereocenters. The quantitative estimate of drug-likeness (QED) is 0.561. The lowest BCUT2D eigenvalue weighted by Gasteiger charge is -2.44. The third-order valence-corrected chi connectivity index (χ3v) is 8.34. The molecule has 1 aliphatic heterocycles. The third-order valence-electron chi connectivity index (χ3n) is 7.26. The summed E-state index contributed by atoms with van der Waals surface area (Å²) in [6.07, 6.45) is 3.99. The predicted octanol–water partition coefficient (Wildman–Crippen LogP) is 4.26. The number of aromatic amines is 1. The van der Waals surface area contributed by atoms with Gasteiger partial charge in [-0.25, -0.2) is 15.0 Å². The number of rotatable bonds is 4. The highest BCUT2D eigenvalue weighted by Gasteiger charge is 2.44. The summed E-state index contributed by atoms with van der Waals surface area (Å²) in [6.45, 7) is 0.155. The van der Waals surface area contributed by atoms with Crippen LogP contribution in [0.4, 0.5) is 13.2 Å². The Morgan fingerprint density at radius 2 is 1.94 bits per heavy atom. The Hall–Kier alpha value is -2.11. The maximum atomic E-state index is 13.3. The fourth-order valence-corrected chi connectivity index (χ4v) is 6.69. The molecule has 0 aromatic carbocycles. The first-order valence-corrected chi connectivity index (χ1v) is 12.4. The van der Waals surface area contributed by atoms with Crippen LogP contribution in [0.5, 0.6) is 0 Å². The molecular weight excluding hydrogens is 455 g/mol. The summed E-state index contributed by atoms with van der Waals surface area (Å²) in [5.41, 5.74) is 2.47. The highest BCUT2D eigenvalue weighted by molar-refractivity contribution is 7.79. The molecule has 3 atom stereocenters. The molecular formula is C22H25F3N5O2S-. The van der Waals surface area contributed by atoms with Gasteiger partial charge in [0.1, 0.15) is 0 Å². The molecule has 0 radical (unpaired) electrons. The predicted molar refractivity (Wildman–Crippen MR) is 117 cm³/mol. The maximum Gasteiger partial charge on any atom is 0.393 e. The van der Waals surface area contributed by atoms with E-state index in [-0.39, 0.29) is 24.8 Å². The normalized spacial score (nSPS) is 27.1.